The standard InChI is InChI=1S/C47H33N/c1-32-20-26-42-44(28-32)46(37-23-21-33-12-8-10-14-35(33)29-37)43-27-25-41(48(39-16-4-2-5-17-39)40-18-6-3-7-19-40)31-45(43)47(42)38-24-22-34-13-9-11-15-36(34)30-38/h2-31H,1H3. The molecule has 0 aromatic heterocycles. The van der Waals surface area contributed by atoms with Gasteiger partial charge in [-0.1, -0.05) is 139 Å². The molecule has 9 rings (SSSR count). The Morgan fingerprint density at radius 1 is 0.312 bits per heavy atom. The molecule has 0 fully saturated rings. The normalized spacial score (nSPS) is 11.4. The van der Waals surface area contributed by atoms with Crippen LogP contribution in [0.15, 0.2) is 182 Å². The Bertz CT molecular complexity index is 2580. The maximum Gasteiger partial charge on any atom is 0.0468 e. The van der Waals surface area contributed by atoms with Crippen molar-refractivity contribution in [1.29, 1.82) is 0 Å². The van der Waals surface area contributed by atoms with Gasteiger partial charge in [-0.15, -0.1) is 0 Å². The smallest absolute Gasteiger partial charge is 0.0468 e. The zero-order valence-corrected chi connectivity index (χ0v) is 26.8. The lowest BCUT2D eigenvalue weighted by Crippen LogP contribution is -2.09. The first kappa shape index (κ1) is 28.1. The minimum absolute atomic E-state index is 1.12. The van der Waals surface area contributed by atoms with Gasteiger partial charge in [-0.2, -0.15) is 0 Å². The lowest BCUT2D eigenvalue weighted by atomic mass is 9.84. The molecule has 0 aliphatic heterocycles. The Hall–Kier alpha value is -6.18. The van der Waals surface area contributed by atoms with Crippen molar-refractivity contribution in [2.45, 2.75) is 6.92 Å². The monoisotopic (exact) mass is 611 g/mol. The van der Waals surface area contributed by atoms with Crippen LogP contribution in [0, 0.1) is 6.92 Å². The largest absolute Gasteiger partial charge is 0.310 e. The van der Waals surface area contributed by atoms with Gasteiger partial charge in [0.1, 0.15) is 0 Å². The number of para-hydroxylation sites is 2. The molecule has 0 radical (unpaired) electrons. The van der Waals surface area contributed by atoms with Gasteiger partial charge in [0, 0.05) is 17.1 Å². The molecule has 1 nitrogen and oxygen atoms in total. The molecule has 9 aromatic rings. The zero-order chi connectivity index (χ0) is 32.0. The maximum absolute atomic E-state index is 2.41. The third-order valence-electron chi connectivity index (χ3n) is 9.62. The summed E-state index contributed by atoms with van der Waals surface area (Å²) in [5, 5.41) is 10.0. The number of hydrogen-bond acceptors (Lipinski definition) is 1. The van der Waals surface area contributed by atoms with Gasteiger partial charge < -0.3 is 4.90 Å². The fourth-order valence-electron chi connectivity index (χ4n) is 7.38. The van der Waals surface area contributed by atoms with Crippen LogP contribution < -0.4 is 4.90 Å². The van der Waals surface area contributed by atoms with Gasteiger partial charge >= 0.3 is 0 Å². The number of anilines is 3. The molecule has 0 bridgehead atoms. The predicted octanol–water partition coefficient (Wildman–Crippen LogP) is 13.4. The van der Waals surface area contributed by atoms with E-state index >= 15 is 0 Å². The van der Waals surface area contributed by atoms with Crippen LogP contribution in [0.3, 0.4) is 0 Å². The van der Waals surface area contributed by atoms with Crippen molar-refractivity contribution in [1.82, 2.24) is 0 Å². The molecule has 226 valence electrons. The predicted molar refractivity (Wildman–Crippen MR) is 207 cm³/mol. The van der Waals surface area contributed by atoms with Gasteiger partial charge in [-0.05, 0) is 121 Å². The van der Waals surface area contributed by atoms with E-state index in [0.717, 1.165) is 17.1 Å². The molecule has 0 heterocycles. The third-order valence-corrected chi connectivity index (χ3v) is 9.62. The highest BCUT2D eigenvalue weighted by atomic mass is 15.1. The van der Waals surface area contributed by atoms with E-state index in [-0.39, 0.29) is 0 Å². The first-order valence-electron chi connectivity index (χ1n) is 16.6. The van der Waals surface area contributed by atoms with Crippen LogP contribution in [0.4, 0.5) is 17.1 Å². The quantitative estimate of drug-likeness (QED) is 0.175. The Labute approximate surface area is 281 Å². The van der Waals surface area contributed by atoms with Gasteiger partial charge in [0.25, 0.3) is 0 Å². The number of rotatable bonds is 5. The minimum atomic E-state index is 1.12. The molecule has 48 heavy (non-hydrogen) atoms. The molecular formula is C47H33N. The van der Waals surface area contributed by atoms with E-state index < -0.39 is 0 Å². The molecule has 0 saturated heterocycles. The first-order valence-corrected chi connectivity index (χ1v) is 16.6. The molecular weight excluding hydrogens is 579 g/mol. The molecule has 0 N–H and O–H groups in total. The first-order chi connectivity index (χ1) is 23.7. The van der Waals surface area contributed by atoms with Crippen LogP contribution >= 0.6 is 0 Å². The SMILES string of the molecule is Cc1ccc2c(-c3ccc4ccccc4c3)c3cc(N(c4ccccc4)c4ccccc4)ccc3c(-c3ccc4ccccc4c3)c2c1. The summed E-state index contributed by atoms with van der Waals surface area (Å²) >= 11 is 0. The van der Waals surface area contributed by atoms with E-state index in [1.54, 1.807) is 0 Å². The summed E-state index contributed by atoms with van der Waals surface area (Å²) in [6, 6.07) is 66.5. The summed E-state index contributed by atoms with van der Waals surface area (Å²) in [7, 11) is 0. The zero-order valence-electron chi connectivity index (χ0n) is 26.8. The maximum atomic E-state index is 2.41. The van der Waals surface area contributed by atoms with Crippen LogP contribution in [-0.2, 0) is 0 Å². The van der Waals surface area contributed by atoms with Crippen LogP contribution in [0.2, 0.25) is 0 Å². The van der Waals surface area contributed by atoms with Gasteiger partial charge in [0.2, 0.25) is 0 Å². The summed E-state index contributed by atoms with van der Waals surface area (Å²) in [6.07, 6.45) is 0. The molecule has 0 aliphatic rings. The molecule has 9 aromatic carbocycles. The Morgan fingerprint density at radius 3 is 1.31 bits per heavy atom. The lowest BCUT2D eigenvalue weighted by Gasteiger charge is -2.27. The van der Waals surface area contributed by atoms with Gasteiger partial charge in [-0.25, -0.2) is 0 Å². The van der Waals surface area contributed by atoms with E-state index in [2.05, 4.69) is 194 Å². The highest BCUT2D eigenvalue weighted by molar-refractivity contribution is 6.22. The summed E-state index contributed by atoms with van der Waals surface area (Å²) in [4.78, 5) is 2.36. The number of aryl methyl sites for hydroxylation is 1. The summed E-state index contributed by atoms with van der Waals surface area (Å²) in [5.41, 5.74) is 9.62. The number of benzene rings is 9. The van der Waals surface area contributed by atoms with E-state index in [0.29, 0.717) is 0 Å². The summed E-state index contributed by atoms with van der Waals surface area (Å²) < 4.78 is 0. The summed E-state index contributed by atoms with van der Waals surface area (Å²) in [6.45, 7) is 2.20. The second-order valence-electron chi connectivity index (χ2n) is 12.7. The average molecular weight is 612 g/mol. The van der Waals surface area contributed by atoms with E-state index in [9.17, 15) is 0 Å². The second kappa shape index (κ2) is 11.6. The molecule has 1 heteroatoms. The molecule has 0 amide bonds. The highest BCUT2D eigenvalue weighted by Crippen LogP contribution is 2.47. The van der Waals surface area contributed by atoms with E-state index in [4.69, 9.17) is 0 Å². The lowest BCUT2D eigenvalue weighted by molar-refractivity contribution is 1.29. The number of nitrogens with zero attached hydrogens (tertiary/aromatic N) is 1. The van der Waals surface area contributed by atoms with Crippen LogP contribution in [0.5, 0.6) is 0 Å². The van der Waals surface area contributed by atoms with Gasteiger partial charge in [-0.3, -0.25) is 0 Å². The van der Waals surface area contributed by atoms with Crippen molar-refractivity contribution in [3.8, 4) is 22.3 Å². The van der Waals surface area contributed by atoms with Gasteiger partial charge in [0.15, 0.2) is 0 Å². The topological polar surface area (TPSA) is 3.24 Å². The molecule has 0 unspecified atom stereocenters. The fraction of sp³-hybridized carbons (Fsp3) is 0.0213. The van der Waals surface area contributed by atoms with E-state index in [1.807, 2.05) is 0 Å². The Balaban J connectivity index is 1.41. The van der Waals surface area contributed by atoms with Crippen LogP contribution in [0.25, 0.3) is 65.3 Å². The Kier molecular flexibility index (Phi) is 6.76. The fourth-order valence-corrected chi connectivity index (χ4v) is 7.38. The van der Waals surface area contributed by atoms with Crippen molar-refractivity contribution >= 4 is 60.2 Å². The molecule has 0 saturated carbocycles. The van der Waals surface area contributed by atoms with Crippen molar-refractivity contribution in [3.63, 3.8) is 0 Å². The second-order valence-corrected chi connectivity index (χ2v) is 12.7. The third kappa shape index (κ3) is 4.80. The van der Waals surface area contributed by atoms with Crippen molar-refractivity contribution in [3.05, 3.63) is 188 Å². The highest BCUT2D eigenvalue weighted by Gasteiger charge is 2.20. The van der Waals surface area contributed by atoms with Crippen LogP contribution in [0.1, 0.15) is 5.56 Å². The van der Waals surface area contributed by atoms with Crippen LogP contribution in [-0.4, -0.2) is 0 Å². The molecule has 0 atom stereocenters. The van der Waals surface area contributed by atoms with Crippen molar-refractivity contribution in [2.24, 2.45) is 0 Å². The minimum Gasteiger partial charge on any atom is -0.310 e. The molecule has 0 spiro atoms. The molecule has 0 aliphatic carbocycles. The summed E-state index contributed by atoms with van der Waals surface area (Å²) in [5.74, 6) is 0. The Morgan fingerprint density at radius 2 is 0.771 bits per heavy atom. The number of hydrogen-bond donors (Lipinski definition) is 0. The van der Waals surface area contributed by atoms with E-state index in [1.165, 1.54) is 70.9 Å². The average Bonchev–Trinajstić information content (AvgIpc) is 3.14. The van der Waals surface area contributed by atoms with Gasteiger partial charge in [0.05, 0.1) is 0 Å². The van der Waals surface area contributed by atoms with Crippen molar-refractivity contribution < 1.29 is 0 Å². The van der Waals surface area contributed by atoms with Crippen molar-refractivity contribution in [2.75, 3.05) is 4.90 Å². The number of fused-ring (bicyclic) bond motifs is 4.